The third kappa shape index (κ3) is 1.82. The number of carbonyl (C=O) groups is 1. The highest BCUT2D eigenvalue weighted by molar-refractivity contribution is 5.87. The number of nitrogens with zero attached hydrogens (tertiary/aromatic N) is 2. The lowest BCUT2D eigenvalue weighted by molar-refractivity contribution is 0.0696. The quantitative estimate of drug-likeness (QED) is 0.735. The standard InChI is InChI=1S/C9H8N2O2/c1-2-8-6(4-10)3-7(5-11-8)9(12)13/h3,5H,2H2,1H3,(H,12,13). The van der Waals surface area contributed by atoms with E-state index >= 15 is 0 Å². The Bertz CT molecular complexity index is 380. The minimum atomic E-state index is -1.06. The second kappa shape index (κ2) is 3.68. The van der Waals surface area contributed by atoms with Gasteiger partial charge in [0.2, 0.25) is 0 Å². The van der Waals surface area contributed by atoms with Crippen molar-refractivity contribution in [1.29, 1.82) is 5.26 Å². The number of hydrogen-bond acceptors (Lipinski definition) is 3. The Morgan fingerprint density at radius 2 is 2.46 bits per heavy atom. The third-order valence-corrected chi connectivity index (χ3v) is 1.67. The van der Waals surface area contributed by atoms with Crippen molar-refractivity contribution in [2.45, 2.75) is 13.3 Å². The Labute approximate surface area is 75.5 Å². The topological polar surface area (TPSA) is 74.0 Å². The monoisotopic (exact) mass is 176 g/mol. The van der Waals surface area contributed by atoms with Gasteiger partial charge in [-0.1, -0.05) is 6.92 Å². The van der Waals surface area contributed by atoms with E-state index in [4.69, 9.17) is 10.4 Å². The Morgan fingerprint density at radius 3 is 2.92 bits per heavy atom. The van der Waals surface area contributed by atoms with Crippen LogP contribution in [0, 0.1) is 11.3 Å². The zero-order valence-electron chi connectivity index (χ0n) is 7.11. The Hall–Kier alpha value is -1.89. The van der Waals surface area contributed by atoms with E-state index in [0.717, 1.165) is 0 Å². The van der Waals surface area contributed by atoms with Gasteiger partial charge < -0.3 is 5.11 Å². The van der Waals surface area contributed by atoms with Crippen molar-refractivity contribution in [2.24, 2.45) is 0 Å². The van der Waals surface area contributed by atoms with Gasteiger partial charge >= 0.3 is 5.97 Å². The maximum absolute atomic E-state index is 10.5. The number of hydrogen-bond donors (Lipinski definition) is 1. The van der Waals surface area contributed by atoms with E-state index in [2.05, 4.69) is 4.98 Å². The zero-order chi connectivity index (χ0) is 9.84. The summed E-state index contributed by atoms with van der Waals surface area (Å²) >= 11 is 0. The van der Waals surface area contributed by atoms with Crippen LogP contribution in [0.25, 0.3) is 0 Å². The molecule has 0 saturated carbocycles. The summed E-state index contributed by atoms with van der Waals surface area (Å²) in [4.78, 5) is 14.4. The summed E-state index contributed by atoms with van der Waals surface area (Å²) in [6.07, 6.45) is 1.89. The normalized spacial score (nSPS) is 9.23. The van der Waals surface area contributed by atoms with Crippen molar-refractivity contribution in [3.05, 3.63) is 29.1 Å². The number of pyridine rings is 1. The van der Waals surface area contributed by atoms with E-state index in [-0.39, 0.29) is 5.56 Å². The largest absolute Gasteiger partial charge is 0.478 e. The van der Waals surface area contributed by atoms with Crippen LogP contribution in [0.2, 0.25) is 0 Å². The maximum Gasteiger partial charge on any atom is 0.337 e. The van der Waals surface area contributed by atoms with E-state index in [9.17, 15) is 4.79 Å². The van der Waals surface area contributed by atoms with E-state index in [1.54, 1.807) is 0 Å². The number of rotatable bonds is 2. The van der Waals surface area contributed by atoms with Gasteiger partial charge in [0.25, 0.3) is 0 Å². The van der Waals surface area contributed by atoms with E-state index < -0.39 is 5.97 Å². The summed E-state index contributed by atoms with van der Waals surface area (Å²) < 4.78 is 0. The van der Waals surface area contributed by atoms with Crippen LogP contribution in [-0.2, 0) is 6.42 Å². The number of nitriles is 1. The van der Waals surface area contributed by atoms with Crippen LogP contribution >= 0.6 is 0 Å². The molecular formula is C9H8N2O2. The molecule has 0 aliphatic rings. The number of carboxylic acids is 1. The molecule has 1 heterocycles. The average Bonchev–Trinajstić information content (AvgIpc) is 2.16. The first-order chi connectivity index (χ1) is 6.19. The van der Waals surface area contributed by atoms with Gasteiger partial charge in [0.05, 0.1) is 16.8 Å². The van der Waals surface area contributed by atoms with E-state index in [0.29, 0.717) is 17.7 Å². The first-order valence-electron chi connectivity index (χ1n) is 3.81. The van der Waals surface area contributed by atoms with E-state index in [1.165, 1.54) is 12.3 Å². The molecule has 13 heavy (non-hydrogen) atoms. The lowest BCUT2D eigenvalue weighted by Crippen LogP contribution is -2.01. The lowest BCUT2D eigenvalue weighted by atomic mass is 10.1. The zero-order valence-corrected chi connectivity index (χ0v) is 7.11. The molecule has 1 N–H and O–H groups in total. The molecule has 66 valence electrons. The fourth-order valence-corrected chi connectivity index (χ4v) is 0.989. The average molecular weight is 176 g/mol. The highest BCUT2D eigenvalue weighted by Crippen LogP contribution is 2.08. The van der Waals surface area contributed by atoms with Crippen molar-refractivity contribution < 1.29 is 9.90 Å². The highest BCUT2D eigenvalue weighted by atomic mass is 16.4. The second-order valence-corrected chi connectivity index (χ2v) is 2.49. The van der Waals surface area contributed by atoms with Crippen LogP contribution in [0.4, 0.5) is 0 Å². The van der Waals surface area contributed by atoms with Crippen LogP contribution in [0.1, 0.15) is 28.5 Å². The predicted molar refractivity (Wildman–Crippen MR) is 45.3 cm³/mol. The van der Waals surface area contributed by atoms with Crippen molar-refractivity contribution in [3.63, 3.8) is 0 Å². The van der Waals surface area contributed by atoms with Gasteiger partial charge in [-0.05, 0) is 12.5 Å². The minimum absolute atomic E-state index is 0.0498. The SMILES string of the molecule is CCc1ncc(C(=O)O)cc1C#N. The van der Waals surface area contributed by atoms with Crippen molar-refractivity contribution >= 4 is 5.97 Å². The predicted octanol–water partition coefficient (Wildman–Crippen LogP) is 1.21. The summed E-state index contributed by atoms with van der Waals surface area (Å²) in [6.45, 7) is 1.86. The number of aryl methyl sites for hydroxylation is 1. The number of aromatic nitrogens is 1. The molecule has 0 atom stereocenters. The molecule has 1 aromatic rings. The summed E-state index contributed by atoms with van der Waals surface area (Å²) in [5.74, 6) is -1.06. The number of carboxylic acid groups (broad SMARTS) is 1. The van der Waals surface area contributed by atoms with Crippen molar-refractivity contribution in [1.82, 2.24) is 4.98 Å². The molecule has 0 saturated heterocycles. The molecule has 0 amide bonds. The first-order valence-corrected chi connectivity index (χ1v) is 3.81. The Balaban J connectivity index is 3.23. The highest BCUT2D eigenvalue weighted by Gasteiger charge is 2.07. The van der Waals surface area contributed by atoms with E-state index in [1.807, 2.05) is 13.0 Å². The van der Waals surface area contributed by atoms with Crippen molar-refractivity contribution in [2.75, 3.05) is 0 Å². The molecule has 0 aliphatic heterocycles. The molecule has 0 bridgehead atoms. The lowest BCUT2D eigenvalue weighted by Gasteiger charge is -1.99. The third-order valence-electron chi connectivity index (χ3n) is 1.67. The molecule has 1 rings (SSSR count). The molecule has 0 spiro atoms. The summed E-state index contributed by atoms with van der Waals surface area (Å²) in [6, 6.07) is 3.26. The molecular weight excluding hydrogens is 168 g/mol. The molecule has 0 aromatic carbocycles. The molecule has 4 nitrogen and oxygen atoms in total. The fraction of sp³-hybridized carbons (Fsp3) is 0.222. The van der Waals surface area contributed by atoms with Gasteiger partial charge in [0.1, 0.15) is 6.07 Å². The summed E-state index contributed by atoms with van der Waals surface area (Å²) in [7, 11) is 0. The summed E-state index contributed by atoms with van der Waals surface area (Å²) in [5, 5.41) is 17.3. The van der Waals surface area contributed by atoms with Crippen LogP contribution < -0.4 is 0 Å². The van der Waals surface area contributed by atoms with Gasteiger partial charge in [0.15, 0.2) is 0 Å². The Kier molecular flexibility index (Phi) is 2.60. The van der Waals surface area contributed by atoms with Crippen LogP contribution in [0.3, 0.4) is 0 Å². The second-order valence-electron chi connectivity index (χ2n) is 2.49. The molecule has 1 aromatic heterocycles. The molecule has 0 aliphatic carbocycles. The maximum atomic E-state index is 10.5. The minimum Gasteiger partial charge on any atom is -0.478 e. The van der Waals surface area contributed by atoms with Gasteiger partial charge in [-0.2, -0.15) is 5.26 Å². The molecule has 0 fully saturated rings. The van der Waals surface area contributed by atoms with Gasteiger partial charge in [-0.3, -0.25) is 4.98 Å². The van der Waals surface area contributed by atoms with Gasteiger partial charge in [-0.25, -0.2) is 4.79 Å². The summed E-state index contributed by atoms with van der Waals surface area (Å²) in [5.41, 5.74) is 1.02. The fourth-order valence-electron chi connectivity index (χ4n) is 0.989. The number of aromatic carboxylic acids is 1. The molecule has 0 radical (unpaired) electrons. The van der Waals surface area contributed by atoms with Gasteiger partial charge in [-0.15, -0.1) is 0 Å². The smallest absolute Gasteiger partial charge is 0.337 e. The Morgan fingerprint density at radius 1 is 1.77 bits per heavy atom. The first kappa shape index (κ1) is 9.20. The van der Waals surface area contributed by atoms with Crippen LogP contribution in [0.5, 0.6) is 0 Å². The van der Waals surface area contributed by atoms with Crippen LogP contribution in [-0.4, -0.2) is 16.1 Å². The van der Waals surface area contributed by atoms with Gasteiger partial charge in [0, 0.05) is 6.20 Å². The molecule has 0 unspecified atom stereocenters. The molecule has 4 heteroatoms. The van der Waals surface area contributed by atoms with Crippen LogP contribution in [0.15, 0.2) is 12.3 Å². The van der Waals surface area contributed by atoms with Crippen molar-refractivity contribution in [3.8, 4) is 6.07 Å².